The summed E-state index contributed by atoms with van der Waals surface area (Å²) >= 11 is 0. The minimum Gasteiger partial charge on any atom is -0.353 e. The Morgan fingerprint density at radius 3 is 2.59 bits per heavy atom. The molecule has 2 heterocycles. The molecule has 2 aromatic rings. The number of hydrogen-bond acceptors (Lipinski definition) is 3. The molecule has 142 valence electrons. The monoisotopic (exact) mass is 364 g/mol. The van der Waals surface area contributed by atoms with Crippen LogP contribution in [0.1, 0.15) is 49.1 Å². The van der Waals surface area contributed by atoms with Crippen molar-refractivity contribution < 1.29 is 4.79 Å². The minimum absolute atomic E-state index is 0.203. The minimum atomic E-state index is 0.203. The van der Waals surface area contributed by atoms with E-state index in [-0.39, 0.29) is 11.8 Å². The molecule has 1 aromatic heterocycles. The lowest BCUT2D eigenvalue weighted by Crippen LogP contribution is -2.41. The van der Waals surface area contributed by atoms with Gasteiger partial charge in [-0.2, -0.15) is 5.10 Å². The molecule has 27 heavy (non-hydrogen) atoms. The third-order valence-corrected chi connectivity index (χ3v) is 6.27. The van der Waals surface area contributed by atoms with Gasteiger partial charge in [0.25, 0.3) is 0 Å². The molecular formula is C22H28N4O. The number of rotatable bonds is 5. The maximum Gasteiger partial charge on any atom is 0.223 e. The third kappa shape index (κ3) is 3.53. The summed E-state index contributed by atoms with van der Waals surface area (Å²) in [5.74, 6) is 0.487. The number of carbonyl (C=O) groups is 1. The molecule has 0 unspecified atom stereocenters. The zero-order valence-electron chi connectivity index (χ0n) is 15.9. The van der Waals surface area contributed by atoms with Crippen molar-refractivity contribution >= 4 is 5.91 Å². The summed E-state index contributed by atoms with van der Waals surface area (Å²) in [4.78, 5) is 14.8. The Bertz CT molecular complexity index is 816. The number of likely N-dealkylation sites (tertiary alicyclic amines) is 1. The van der Waals surface area contributed by atoms with Gasteiger partial charge in [-0.05, 0) is 75.7 Å². The molecule has 1 saturated carbocycles. The Morgan fingerprint density at radius 2 is 1.85 bits per heavy atom. The van der Waals surface area contributed by atoms with Gasteiger partial charge in [0, 0.05) is 24.2 Å². The third-order valence-electron chi connectivity index (χ3n) is 6.27. The fourth-order valence-corrected chi connectivity index (χ4v) is 4.54. The van der Waals surface area contributed by atoms with Gasteiger partial charge >= 0.3 is 0 Å². The molecule has 0 spiro atoms. The number of para-hydroxylation sites is 1. The van der Waals surface area contributed by atoms with Crippen LogP contribution >= 0.6 is 0 Å². The van der Waals surface area contributed by atoms with Crippen LogP contribution in [0, 0.1) is 5.92 Å². The van der Waals surface area contributed by atoms with E-state index in [0.29, 0.717) is 6.04 Å². The Morgan fingerprint density at radius 1 is 1.07 bits per heavy atom. The van der Waals surface area contributed by atoms with Gasteiger partial charge in [0.1, 0.15) is 0 Å². The molecule has 5 heteroatoms. The van der Waals surface area contributed by atoms with Gasteiger partial charge in [-0.25, -0.2) is 4.68 Å². The van der Waals surface area contributed by atoms with Crippen molar-refractivity contribution in [1.82, 2.24) is 20.0 Å². The quantitative estimate of drug-likeness (QED) is 0.888. The molecule has 1 amide bonds. The average Bonchev–Trinajstić information content (AvgIpc) is 3.26. The second kappa shape index (κ2) is 7.12. The molecule has 1 aromatic carbocycles. The maximum atomic E-state index is 12.3. The number of nitrogens with one attached hydrogen (secondary N) is 1. The molecule has 2 aliphatic carbocycles. The Hall–Kier alpha value is -2.14. The fraction of sp³-hybridized carbons (Fsp3) is 0.545. The van der Waals surface area contributed by atoms with Gasteiger partial charge in [0.15, 0.2) is 0 Å². The first-order chi connectivity index (χ1) is 13.3. The van der Waals surface area contributed by atoms with Crippen LogP contribution in [0.5, 0.6) is 0 Å². The number of aromatic nitrogens is 2. The molecule has 5 nitrogen and oxygen atoms in total. The lowest BCUT2D eigenvalue weighted by atomic mass is 9.95. The SMILES string of the molecule is O=C(NC1CC1)C1CCN(Cc2nn(-c3ccccc3)c3c2CCC3)CC1. The first kappa shape index (κ1) is 17.0. The molecule has 1 saturated heterocycles. The van der Waals surface area contributed by atoms with E-state index in [2.05, 4.69) is 45.2 Å². The zero-order chi connectivity index (χ0) is 18.2. The van der Waals surface area contributed by atoms with Crippen molar-refractivity contribution in [3.8, 4) is 5.69 Å². The van der Waals surface area contributed by atoms with Crippen LogP contribution in [0.15, 0.2) is 30.3 Å². The molecule has 0 bridgehead atoms. The highest BCUT2D eigenvalue weighted by atomic mass is 16.2. The Kier molecular flexibility index (Phi) is 4.48. The van der Waals surface area contributed by atoms with Crippen LogP contribution in [-0.2, 0) is 24.2 Å². The number of hydrogen-bond donors (Lipinski definition) is 1. The molecule has 1 aliphatic heterocycles. The van der Waals surface area contributed by atoms with E-state index < -0.39 is 0 Å². The maximum absolute atomic E-state index is 12.3. The van der Waals surface area contributed by atoms with E-state index in [1.165, 1.54) is 36.2 Å². The zero-order valence-corrected chi connectivity index (χ0v) is 15.9. The summed E-state index contributed by atoms with van der Waals surface area (Å²) in [5.41, 5.74) is 5.27. The highest BCUT2D eigenvalue weighted by Crippen LogP contribution is 2.29. The van der Waals surface area contributed by atoms with Crippen LogP contribution in [0.3, 0.4) is 0 Å². The van der Waals surface area contributed by atoms with E-state index in [9.17, 15) is 4.79 Å². The van der Waals surface area contributed by atoms with Gasteiger partial charge in [0.05, 0.1) is 11.4 Å². The van der Waals surface area contributed by atoms with E-state index in [4.69, 9.17) is 5.10 Å². The van der Waals surface area contributed by atoms with Crippen LogP contribution in [-0.4, -0.2) is 39.7 Å². The van der Waals surface area contributed by atoms with Gasteiger partial charge in [-0.15, -0.1) is 0 Å². The smallest absolute Gasteiger partial charge is 0.223 e. The predicted molar refractivity (Wildman–Crippen MR) is 105 cm³/mol. The van der Waals surface area contributed by atoms with E-state index >= 15 is 0 Å². The normalized spacial score (nSPS) is 20.6. The van der Waals surface area contributed by atoms with Gasteiger partial charge in [-0.1, -0.05) is 18.2 Å². The number of amides is 1. The number of piperidine rings is 1. The van der Waals surface area contributed by atoms with E-state index in [1.807, 2.05) is 0 Å². The first-order valence-corrected chi connectivity index (χ1v) is 10.5. The van der Waals surface area contributed by atoms with Crippen molar-refractivity contribution in [3.63, 3.8) is 0 Å². The van der Waals surface area contributed by atoms with Gasteiger partial charge in [0.2, 0.25) is 5.91 Å². The van der Waals surface area contributed by atoms with Crippen molar-refractivity contribution in [2.24, 2.45) is 5.92 Å². The Labute approximate surface area is 160 Å². The summed E-state index contributed by atoms with van der Waals surface area (Å²) in [6, 6.07) is 11.0. The van der Waals surface area contributed by atoms with Crippen molar-refractivity contribution in [1.29, 1.82) is 0 Å². The molecule has 5 rings (SSSR count). The molecule has 1 N–H and O–H groups in total. The second-order valence-electron chi connectivity index (χ2n) is 8.31. The van der Waals surface area contributed by atoms with Crippen molar-refractivity contribution in [3.05, 3.63) is 47.3 Å². The number of fused-ring (bicyclic) bond motifs is 1. The number of nitrogens with zero attached hydrogens (tertiary/aromatic N) is 3. The molecule has 2 fully saturated rings. The van der Waals surface area contributed by atoms with Crippen molar-refractivity contribution in [2.45, 2.75) is 57.5 Å². The lowest BCUT2D eigenvalue weighted by molar-refractivity contribution is -0.126. The van der Waals surface area contributed by atoms with Crippen molar-refractivity contribution in [2.75, 3.05) is 13.1 Å². The summed E-state index contributed by atoms with van der Waals surface area (Å²) < 4.78 is 2.16. The summed E-state index contributed by atoms with van der Waals surface area (Å²) in [5, 5.41) is 8.16. The van der Waals surface area contributed by atoms with Crippen LogP contribution < -0.4 is 5.32 Å². The van der Waals surface area contributed by atoms with Gasteiger partial charge < -0.3 is 5.32 Å². The van der Waals surface area contributed by atoms with Gasteiger partial charge in [-0.3, -0.25) is 9.69 Å². The number of benzene rings is 1. The highest BCUT2D eigenvalue weighted by Gasteiger charge is 2.31. The molecule has 0 atom stereocenters. The molecular weight excluding hydrogens is 336 g/mol. The Balaban J connectivity index is 1.26. The fourth-order valence-electron chi connectivity index (χ4n) is 4.54. The first-order valence-electron chi connectivity index (χ1n) is 10.5. The van der Waals surface area contributed by atoms with E-state index in [0.717, 1.165) is 51.0 Å². The highest BCUT2D eigenvalue weighted by molar-refractivity contribution is 5.79. The topological polar surface area (TPSA) is 50.2 Å². The summed E-state index contributed by atoms with van der Waals surface area (Å²) in [6.45, 7) is 2.91. The summed E-state index contributed by atoms with van der Waals surface area (Å²) in [6.07, 6.45) is 7.79. The van der Waals surface area contributed by atoms with E-state index in [1.54, 1.807) is 0 Å². The standard InChI is InChI=1S/C22H28N4O/c27-22(23-17-9-10-17)16-11-13-25(14-12-16)15-20-19-7-4-8-21(19)26(24-20)18-5-2-1-3-6-18/h1-3,5-6,16-17H,4,7-15H2,(H,23,27). The van der Waals surface area contributed by atoms with Crippen LogP contribution in [0.4, 0.5) is 0 Å². The lowest BCUT2D eigenvalue weighted by Gasteiger charge is -2.31. The van der Waals surface area contributed by atoms with Crippen LogP contribution in [0.25, 0.3) is 5.69 Å². The second-order valence-corrected chi connectivity index (χ2v) is 8.31. The largest absolute Gasteiger partial charge is 0.353 e. The molecule has 3 aliphatic rings. The predicted octanol–water partition coefficient (Wildman–Crippen LogP) is 2.85. The average molecular weight is 364 g/mol. The summed E-state index contributed by atoms with van der Waals surface area (Å²) in [7, 11) is 0. The molecule has 0 radical (unpaired) electrons. The van der Waals surface area contributed by atoms with Crippen LogP contribution in [0.2, 0.25) is 0 Å². The number of carbonyl (C=O) groups excluding carboxylic acids is 1.